The second kappa shape index (κ2) is 5.55. The van der Waals surface area contributed by atoms with Crippen molar-refractivity contribution in [1.29, 1.82) is 0 Å². The van der Waals surface area contributed by atoms with Crippen LogP contribution in [0.25, 0.3) is 0 Å². The lowest BCUT2D eigenvalue weighted by Gasteiger charge is -2.22. The lowest BCUT2D eigenvalue weighted by atomic mass is 9.97. The monoisotopic (exact) mass is 288 g/mol. The lowest BCUT2D eigenvalue weighted by molar-refractivity contribution is 0.0797. The fraction of sp³-hybridized carbons (Fsp3) is 0.294. The predicted octanol–water partition coefficient (Wildman–Crippen LogP) is 2.87. The van der Waals surface area contributed by atoms with Crippen molar-refractivity contribution >= 4 is 19.2 Å². The normalized spacial score (nSPS) is 12.2. The Morgan fingerprint density at radius 3 is 2.35 bits per heavy atom. The molecule has 0 fully saturated rings. The molecule has 0 saturated carbocycles. The van der Waals surface area contributed by atoms with Gasteiger partial charge >= 0.3 is 0 Å². The molecule has 0 amide bonds. The summed E-state index contributed by atoms with van der Waals surface area (Å²) >= 11 is 0. The number of hydrogen-bond acceptors (Lipinski definition) is 2. The molecule has 1 atom stereocenters. The van der Waals surface area contributed by atoms with Crippen LogP contribution in [-0.2, 0) is 5.60 Å². The van der Waals surface area contributed by atoms with Crippen molar-refractivity contribution in [2.45, 2.75) is 33.3 Å². The highest BCUT2D eigenvalue weighted by molar-refractivity contribution is 7.55. The van der Waals surface area contributed by atoms with E-state index in [1.54, 1.807) is 13.8 Å². The third-order valence-corrected chi connectivity index (χ3v) is 4.72. The Hall–Kier alpha value is -1.37. The van der Waals surface area contributed by atoms with Crippen LogP contribution in [-0.4, -0.2) is 10.2 Å². The Morgan fingerprint density at radius 2 is 1.70 bits per heavy atom. The molecule has 2 aromatic carbocycles. The number of aliphatic hydroxyl groups is 1. The summed E-state index contributed by atoms with van der Waals surface area (Å²) in [7, 11) is 0.331. The third kappa shape index (κ3) is 3.20. The topological polar surface area (TPSA) is 40.5 Å². The van der Waals surface area contributed by atoms with Crippen LogP contribution in [0.3, 0.4) is 0 Å². The van der Waals surface area contributed by atoms with Gasteiger partial charge in [-0.05, 0) is 44.1 Å². The van der Waals surface area contributed by atoms with Crippen molar-refractivity contribution in [3.05, 3.63) is 53.1 Å². The van der Waals surface area contributed by atoms with Crippen molar-refractivity contribution in [3.8, 4) is 5.75 Å². The van der Waals surface area contributed by atoms with Gasteiger partial charge in [0.05, 0.1) is 5.60 Å². The maximum absolute atomic E-state index is 10.3. The maximum atomic E-state index is 10.3. The second-order valence-corrected chi connectivity index (χ2v) is 7.03. The van der Waals surface area contributed by atoms with Gasteiger partial charge in [0.2, 0.25) is 0 Å². The largest absolute Gasteiger partial charge is 0.507 e. The van der Waals surface area contributed by atoms with Crippen LogP contribution in [0.2, 0.25) is 0 Å². The lowest BCUT2D eigenvalue weighted by Crippen LogP contribution is -2.24. The molecule has 0 radical (unpaired) electrons. The van der Waals surface area contributed by atoms with Crippen molar-refractivity contribution in [2.75, 3.05) is 0 Å². The molecule has 0 aliphatic rings. The van der Waals surface area contributed by atoms with E-state index < -0.39 is 5.60 Å². The summed E-state index contributed by atoms with van der Waals surface area (Å²) in [5, 5.41) is 22.5. The maximum Gasteiger partial charge on any atom is 0.126 e. The summed E-state index contributed by atoms with van der Waals surface area (Å²) in [6.45, 7) is 7.51. The van der Waals surface area contributed by atoms with E-state index in [1.165, 1.54) is 0 Å². The van der Waals surface area contributed by atoms with Crippen LogP contribution in [0.15, 0.2) is 36.4 Å². The van der Waals surface area contributed by atoms with Gasteiger partial charge in [-0.15, -0.1) is 0 Å². The molecule has 0 spiro atoms. The molecule has 0 heterocycles. The summed E-state index contributed by atoms with van der Waals surface area (Å²) < 4.78 is 0. The molecular formula is C17H21O2P. The standard InChI is InChI=1S/C17H21O2P/c1-11-8-9-14(13(10-11)17(3,4)19)20-15-7-5-6-12(2)16(15)18/h5-10,18-20H,1-4H3. The molecule has 0 saturated heterocycles. The summed E-state index contributed by atoms with van der Waals surface area (Å²) in [5.74, 6) is 0.355. The minimum Gasteiger partial charge on any atom is -0.507 e. The van der Waals surface area contributed by atoms with Crippen molar-refractivity contribution < 1.29 is 10.2 Å². The molecule has 3 heteroatoms. The molecule has 2 aromatic rings. The SMILES string of the molecule is Cc1ccc(Pc2cccc(C)c2O)c(C(C)(C)O)c1. The number of aryl methyl sites for hydroxylation is 2. The van der Waals surface area contributed by atoms with E-state index in [-0.39, 0.29) is 0 Å². The van der Waals surface area contributed by atoms with Crippen LogP contribution in [0.1, 0.15) is 30.5 Å². The Bertz CT molecular complexity index is 627. The van der Waals surface area contributed by atoms with Gasteiger partial charge in [-0.25, -0.2) is 0 Å². The highest BCUT2D eigenvalue weighted by Crippen LogP contribution is 2.27. The Balaban J connectivity index is 2.46. The zero-order chi connectivity index (χ0) is 14.9. The summed E-state index contributed by atoms with van der Waals surface area (Å²) in [6.07, 6.45) is 0. The first-order chi connectivity index (χ1) is 9.29. The van der Waals surface area contributed by atoms with Crippen LogP contribution < -0.4 is 10.6 Å². The van der Waals surface area contributed by atoms with E-state index in [0.29, 0.717) is 14.3 Å². The zero-order valence-corrected chi connectivity index (χ0v) is 13.4. The highest BCUT2D eigenvalue weighted by Gasteiger charge is 2.20. The van der Waals surface area contributed by atoms with E-state index in [9.17, 15) is 10.2 Å². The highest BCUT2D eigenvalue weighted by atomic mass is 31.1. The van der Waals surface area contributed by atoms with Gasteiger partial charge < -0.3 is 10.2 Å². The Labute approximate surface area is 122 Å². The Morgan fingerprint density at radius 1 is 1.00 bits per heavy atom. The number of benzene rings is 2. The molecule has 2 N–H and O–H groups in total. The van der Waals surface area contributed by atoms with Crippen LogP contribution in [0.4, 0.5) is 0 Å². The Kier molecular flexibility index (Phi) is 4.17. The molecule has 106 valence electrons. The van der Waals surface area contributed by atoms with E-state index >= 15 is 0 Å². The number of rotatable bonds is 3. The summed E-state index contributed by atoms with van der Waals surface area (Å²) in [4.78, 5) is 0. The van der Waals surface area contributed by atoms with Gasteiger partial charge in [0, 0.05) is 5.30 Å². The number of aromatic hydroxyl groups is 1. The zero-order valence-electron chi connectivity index (χ0n) is 12.4. The fourth-order valence-corrected chi connectivity index (χ4v) is 3.64. The first kappa shape index (κ1) is 15.0. The molecule has 20 heavy (non-hydrogen) atoms. The van der Waals surface area contributed by atoms with Crippen LogP contribution in [0.5, 0.6) is 5.75 Å². The van der Waals surface area contributed by atoms with Gasteiger partial charge in [0.25, 0.3) is 0 Å². The number of para-hydroxylation sites is 1. The van der Waals surface area contributed by atoms with Crippen LogP contribution >= 0.6 is 8.58 Å². The van der Waals surface area contributed by atoms with Gasteiger partial charge in [0.15, 0.2) is 0 Å². The van der Waals surface area contributed by atoms with Crippen LogP contribution in [0, 0.1) is 13.8 Å². The minimum atomic E-state index is -0.881. The molecular weight excluding hydrogens is 267 g/mol. The molecule has 2 nitrogen and oxygen atoms in total. The minimum absolute atomic E-state index is 0.331. The summed E-state index contributed by atoms with van der Waals surface area (Å²) in [6, 6.07) is 11.9. The number of hydrogen-bond donors (Lipinski definition) is 2. The molecule has 1 unspecified atom stereocenters. The van der Waals surface area contributed by atoms with E-state index in [1.807, 2.05) is 50.2 Å². The average Bonchev–Trinajstić information content (AvgIpc) is 2.36. The molecule has 0 aliphatic carbocycles. The molecule has 0 aromatic heterocycles. The van der Waals surface area contributed by atoms with Crippen molar-refractivity contribution in [1.82, 2.24) is 0 Å². The van der Waals surface area contributed by atoms with Crippen molar-refractivity contribution in [3.63, 3.8) is 0 Å². The second-order valence-electron chi connectivity index (χ2n) is 5.70. The first-order valence-electron chi connectivity index (χ1n) is 6.68. The fourth-order valence-electron chi connectivity index (χ4n) is 2.18. The summed E-state index contributed by atoms with van der Waals surface area (Å²) in [5.41, 5.74) is 2.06. The molecule has 0 bridgehead atoms. The third-order valence-electron chi connectivity index (χ3n) is 3.34. The van der Waals surface area contributed by atoms with Gasteiger partial charge in [0.1, 0.15) is 5.75 Å². The predicted molar refractivity (Wildman–Crippen MR) is 86.9 cm³/mol. The van der Waals surface area contributed by atoms with E-state index in [4.69, 9.17) is 0 Å². The smallest absolute Gasteiger partial charge is 0.126 e. The van der Waals surface area contributed by atoms with E-state index in [2.05, 4.69) is 0 Å². The average molecular weight is 288 g/mol. The quantitative estimate of drug-likeness (QED) is 0.853. The van der Waals surface area contributed by atoms with Crippen molar-refractivity contribution in [2.24, 2.45) is 0 Å². The van der Waals surface area contributed by atoms with E-state index in [0.717, 1.165) is 27.3 Å². The number of phenols is 1. The van der Waals surface area contributed by atoms with Gasteiger partial charge in [-0.2, -0.15) is 0 Å². The molecule has 0 aliphatic heterocycles. The number of phenolic OH excluding ortho intramolecular Hbond substituents is 1. The first-order valence-corrected chi connectivity index (χ1v) is 7.68. The van der Waals surface area contributed by atoms with Gasteiger partial charge in [-0.3, -0.25) is 0 Å². The molecule has 2 rings (SSSR count). The van der Waals surface area contributed by atoms with Gasteiger partial charge in [-0.1, -0.05) is 50.5 Å².